The Balaban J connectivity index is 1.78. The zero-order valence-corrected chi connectivity index (χ0v) is 15.9. The molecular weight excluding hydrogens is 372 g/mol. The quantitative estimate of drug-likeness (QED) is 0.288. The van der Waals surface area contributed by atoms with Crippen molar-refractivity contribution in [2.75, 3.05) is 14.2 Å². The molecule has 3 aromatic carbocycles. The van der Waals surface area contributed by atoms with Crippen LogP contribution in [0.2, 0.25) is 0 Å². The Morgan fingerprint density at radius 2 is 1.59 bits per heavy atom. The van der Waals surface area contributed by atoms with Crippen molar-refractivity contribution in [2.24, 2.45) is 0 Å². The second-order valence-corrected chi connectivity index (χ2v) is 6.39. The van der Waals surface area contributed by atoms with Crippen molar-refractivity contribution in [3.8, 4) is 11.5 Å². The molecule has 0 saturated carbocycles. The first-order valence-electron chi connectivity index (χ1n) is 8.95. The van der Waals surface area contributed by atoms with E-state index in [2.05, 4.69) is 0 Å². The zero-order chi connectivity index (χ0) is 20.4. The van der Waals surface area contributed by atoms with Gasteiger partial charge < -0.3 is 18.6 Å². The molecular formula is C23H18O6. The lowest BCUT2D eigenvalue weighted by Crippen LogP contribution is -2.20. The van der Waals surface area contributed by atoms with Crippen molar-refractivity contribution in [1.29, 1.82) is 0 Å². The number of benzene rings is 3. The largest absolute Gasteiger partial charge is 0.497 e. The maximum atomic E-state index is 12.4. The highest BCUT2D eigenvalue weighted by molar-refractivity contribution is 6.04. The van der Waals surface area contributed by atoms with Crippen molar-refractivity contribution in [3.05, 3.63) is 82.7 Å². The summed E-state index contributed by atoms with van der Waals surface area (Å²) in [5.74, 6) is 0.434. The Hall–Kier alpha value is -3.80. The molecule has 0 aliphatic heterocycles. The fourth-order valence-corrected chi connectivity index (χ4v) is 3.22. The van der Waals surface area contributed by atoms with Crippen molar-refractivity contribution >= 4 is 27.7 Å². The van der Waals surface area contributed by atoms with E-state index in [4.69, 9.17) is 18.6 Å². The third kappa shape index (κ3) is 3.52. The standard InChI is InChI=1S/C23H18O6/c1-26-15-8-10-17-18-11-9-16(13-20(18)29-22(24)19(17)12-15)28-21(23(25)27-2)14-6-4-3-5-7-14/h3-13,21H,1-2H3. The second kappa shape index (κ2) is 7.67. The first kappa shape index (κ1) is 18.6. The molecule has 0 bridgehead atoms. The number of methoxy groups -OCH3 is 2. The van der Waals surface area contributed by atoms with Crippen LogP contribution in [0.3, 0.4) is 0 Å². The van der Waals surface area contributed by atoms with E-state index in [1.54, 1.807) is 42.5 Å². The maximum absolute atomic E-state index is 12.4. The SMILES string of the molecule is COC(=O)C(Oc1ccc2c(c1)oc(=O)c1cc(OC)ccc12)c1ccccc1. The summed E-state index contributed by atoms with van der Waals surface area (Å²) in [7, 11) is 2.85. The van der Waals surface area contributed by atoms with Gasteiger partial charge in [-0.2, -0.15) is 0 Å². The molecule has 0 amide bonds. The molecule has 6 heteroatoms. The molecule has 0 spiro atoms. The Bertz CT molecular complexity index is 1240. The lowest BCUT2D eigenvalue weighted by Gasteiger charge is -2.17. The lowest BCUT2D eigenvalue weighted by atomic mass is 10.1. The third-order valence-electron chi connectivity index (χ3n) is 4.66. The summed E-state index contributed by atoms with van der Waals surface area (Å²) < 4.78 is 21.4. The average molecular weight is 390 g/mol. The topological polar surface area (TPSA) is 75.0 Å². The molecule has 29 heavy (non-hydrogen) atoms. The van der Waals surface area contributed by atoms with Crippen LogP contribution in [0.15, 0.2) is 75.9 Å². The minimum atomic E-state index is -0.935. The van der Waals surface area contributed by atoms with Crippen LogP contribution in [0, 0.1) is 0 Å². The van der Waals surface area contributed by atoms with E-state index < -0.39 is 17.7 Å². The summed E-state index contributed by atoms with van der Waals surface area (Å²) in [5, 5.41) is 1.93. The van der Waals surface area contributed by atoms with Crippen LogP contribution in [0.25, 0.3) is 21.7 Å². The number of esters is 1. The first-order valence-corrected chi connectivity index (χ1v) is 8.95. The number of ether oxygens (including phenoxy) is 3. The van der Waals surface area contributed by atoms with Crippen molar-refractivity contribution in [3.63, 3.8) is 0 Å². The molecule has 1 unspecified atom stereocenters. The predicted octanol–water partition coefficient (Wildman–Crippen LogP) is 4.25. The van der Waals surface area contributed by atoms with Gasteiger partial charge in [0.15, 0.2) is 0 Å². The number of rotatable bonds is 5. The number of fused-ring (bicyclic) bond motifs is 3. The molecule has 4 aromatic rings. The van der Waals surface area contributed by atoms with Gasteiger partial charge in [0.2, 0.25) is 6.10 Å². The molecule has 1 heterocycles. The van der Waals surface area contributed by atoms with Gasteiger partial charge in [0.05, 0.1) is 19.6 Å². The van der Waals surface area contributed by atoms with E-state index in [0.29, 0.717) is 28.0 Å². The van der Waals surface area contributed by atoms with E-state index in [-0.39, 0.29) is 0 Å². The molecule has 1 aromatic heterocycles. The Morgan fingerprint density at radius 3 is 2.31 bits per heavy atom. The average Bonchev–Trinajstić information content (AvgIpc) is 2.77. The fraction of sp³-hybridized carbons (Fsp3) is 0.130. The van der Waals surface area contributed by atoms with Crippen LogP contribution < -0.4 is 15.1 Å². The second-order valence-electron chi connectivity index (χ2n) is 6.39. The van der Waals surface area contributed by atoms with E-state index >= 15 is 0 Å². The van der Waals surface area contributed by atoms with Gasteiger partial charge in [-0.05, 0) is 30.3 Å². The number of carbonyl (C=O) groups excluding carboxylic acids is 1. The van der Waals surface area contributed by atoms with Gasteiger partial charge >= 0.3 is 11.6 Å². The molecule has 6 nitrogen and oxygen atoms in total. The maximum Gasteiger partial charge on any atom is 0.351 e. The van der Waals surface area contributed by atoms with Gasteiger partial charge in [-0.1, -0.05) is 30.3 Å². The normalized spacial score (nSPS) is 11.9. The van der Waals surface area contributed by atoms with Crippen molar-refractivity contribution in [1.82, 2.24) is 0 Å². The number of carbonyl (C=O) groups is 1. The molecule has 1 atom stereocenters. The van der Waals surface area contributed by atoms with Gasteiger partial charge in [0, 0.05) is 22.4 Å². The van der Waals surface area contributed by atoms with Crippen LogP contribution in [-0.2, 0) is 9.53 Å². The summed E-state index contributed by atoms with van der Waals surface area (Å²) in [6, 6.07) is 19.4. The lowest BCUT2D eigenvalue weighted by molar-refractivity contribution is -0.149. The summed E-state index contributed by atoms with van der Waals surface area (Å²) in [6.45, 7) is 0. The molecule has 146 valence electrons. The number of hydrogen-bond donors (Lipinski definition) is 0. The van der Waals surface area contributed by atoms with Crippen LogP contribution in [0.4, 0.5) is 0 Å². The van der Waals surface area contributed by atoms with Crippen LogP contribution in [-0.4, -0.2) is 20.2 Å². The zero-order valence-electron chi connectivity index (χ0n) is 15.9. The summed E-state index contributed by atoms with van der Waals surface area (Å²) in [6.07, 6.45) is -0.935. The minimum Gasteiger partial charge on any atom is -0.497 e. The van der Waals surface area contributed by atoms with Gasteiger partial charge in [0.1, 0.15) is 17.1 Å². The molecule has 4 rings (SSSR count). The highest BCUT2D eigenvalue weighted by Crippen LogP contribution is 2.30. The molecule has 0 N–H and O–H groups in total. The smallest absolute Gasteiger partial charge is 0.351 e. The molecule has 0 saturated heterocycles. The third-order valence-corrected chi connectivity index (χ3v) is 4.66. The molecule has 0 aliphatic carbocycles. The summed E-state index contributed by atoms with van der Waals surface area (Å²) >= 11 is 0. The fourth-order valence-electron chi connectivity index (χ4n) is 3.22. The highest BCUT2D eigenvalue weighted by Gasteiger charge is 2.23. The number of hydrogen-bond acceptors (Lipinski definition) is 6. The minimum absolute atomic E-state index is 0.363. The van der Waals surface area contributed by atoms with Gasteiger partial charge in [-0.3, -0.25) is 0 Å². The van der Waals surface area contributed by atoms with Gasteiger partial charge in [-0.25, -0.2) is 9.59 Å². The molecule has 0 fully saturated rings. The summed E-state index contributed by atoms with van der Waals surface area (Å²) in [5.41, 5.74) is 0.546. The Morgan fingerprint density at radius 1 is 0.862 bits per heavy atom. The van der Waals surface area contributed by atoms with E-state index in [9.17, 15) is 9.59 Å². The highest BCUT2D eigenvalue weighted by atomic mass is 16.6. The van der Waals surface area contributed by atoms with E-state index in [0.717, 1.165) is 10.8 Å². The monoisotopic (exact) mass is 390 g/mol. The Labute approximate surface area is 166 Å². The van der Waals surface area contributed by atoms with Crippen LogP contribution in [0.1, 0.15) is 11.7 Å². The molecule has 0 aliphatic rings. The first-order chi connectivity index (χ1) is 14.1. The summed E-state index contributed by atoms with van der Waals surface area (Å²) in [4.78, 5) is 24.7. The van der Waals surface area contributed by atoms with E-state index in [1.807, 2.05) is 24.3 Å². The van der Waals surface area contributed by atoms with Crippen LogP contribution in [0.5, 0.6) is 11.5 Å². The van der Waals surface area contributed by atoms with E-state index in [1.165, 1.54) is 14.2 Å². The molecule has 0 radical (unpaired) electrons. The van der Waals surface area contributed by atoms with Gasteiger partial charge in [0.25, 0.3) is 0 Å². The Kier molecular flexibility index (Phi) is 4.91. The van der Waals surface area contributed by atoms with Crippen molar-refractivity contribution in [2.45, 2.75) is 6.10 Å². The van der Waals surface area contributed by atoms with Crippen molar-refractivity contribution < 1.29 is 23.4 Å². The van der Waals surface area contributed by atoms with Gasteiger partial charge in [-0.15, -0.1) is 0 Å². The van der Waals surface area contributed by atoms with Crippen LogP contribution >= 0.6 is 0 Å². The predicted molar refractivity (Wildman–Crippen MR) is 108 cm³/mol.